The standard InChI is InChI=1S/C22H20FN3O3/c1-29-20-11-3-2-6-15(20)12-13-24-21(27)18-9-5-10-19(26-18)22(28)25-17-8-4-7-16(23)14-17/h2-11,14H,12-13H2,1H3,(H,24,27)(H,25,28). The van der Waals surface area contributed by atoms with Gasteiger partial charge in [0, 0.05) is 12.2 Å². The lowest BCUT2D eigenvalue weighted by Gasteiger charge is -2.09. The summed E-state index contributed by atoms with van der Waals surface area (Å²) in [6.45, 7) is 0.389. The van der Waals surface area contributed by atoms with E-state index in [1.165, 1.54) is 30.3 Å². The fraction of sp³-hybridized carbons (Fsp3) is 0.136. The third kappa shape index (κ3) is 5.38. The van der Waals surface area contributed by atoms with Crippen molar-refractivity contribution in [3.8, 4) is 5.75 Å². The minimum absolute atomic E-state index is 0.0617. The Morgan fingerprint density at radius 1 is 0.966 bits per heavy atom. The molecule has 1 aromatic heterocycles. The molecular weight excluding hydrogens is 373 g/mol. The third-order valence-corrected chi connectivity index (χ3v) is 4.17. The molecule has 0 aliphatic rings. The van der Waals surface area contributed by atoms with Crippen LogP contribution in [-0.4, -0.2) is 30.5 Å². The number of amides is 2. The first-order valence-electron chi connectivity index (χ1n) is 9.01. The minimum atomic E-state index is -0.528. The average molecular weight is 393 g/mol. The molecule has 0 atom stereocenters. The highest BCUT2D eigenvalue weighted by Crippen LogP contribution is 2.17. The van der Waals surface area contributed by atoms with Gasteiger partial charge in [-0.2, -0.15) is 0 Å². The molecule has 0 unspecified atom stereocenters. The summed E-state index contributed by atoms with van der Waals surface area (Å²) in [5.41, 5.74) is 1.47. The van der Waals surface area contributed by atoms with Crippen molar-refractivity contribution in [2.24, 2.45) is 0 Å². The summed E-state index contributed by atoms with van der Waals surface area (Å²) in [7, 11) is 1.60. The third-order valence-electron chi connectivity index (χ3n) is 4.17. The summed E-state index contributed by atoms with van der Waals surface area (Å²) in [6.07, 6.45) is 0.593. The molecule has 29 heavy (non-hydrogen) atoms. The van der Waals surface area contributed by atoms with Gasteiger partial charge in [0.2, 0.25) is 0 Å². The van der Waals surface area contributed by atoms with E-state index in [1.807, 2.05) is 24.3 Å². The maximum Gasteiger partial charge on any atom is 0.274 e. The first-order valence-corrected chi connectivity index (χ1v) is 9.01. The van der Waals surface area contributed by atoms with Crippen LogP contribution in [0, 0.1) is 5.82 Å². The van der Waals surface area contributed by atoms with Gasteiger partial charge in [0.15, 0.2) is 0 Å². The number of aromatic nitrogens is 1. The minimum Gasteiger partial charge on any atom is -0.496 e. The largest absolute Gasteiger partial charge is 0.496 e. The van der Waals surface area contributed by atoms with Crippen molar-refractivity contribution in [1.29, 1.82) is 0 Å². The van der Waals surface area contributed by atoms with Gasteiger partial charge in [-0.1, -0.05) is 30.3 Å². The van der Waals surface area contributed by atoms with Gasteiger partial charge in [-0.3, -0.25) is 9.59 Å². The van der Waals surface area contributed by atoms with Crippen molar-refractivity contribution in [1.82, 2.24) is 10.3 Å². The molecule has 0 aliphatic carbocycles. The average Bonchev–Trinajstić information content (AvgIpc) is 2.74. The smallest absolute Gasteiger partial charge is 0.274 e. The van der Waals surface area contributed by atoms with E-state index in [9.17, 15) is 14.0 Å². The van der Waals surface area contributed by atoms with Gasteiger partial charge in [0.1, 0.15) is 23.0 Å². The van der Waals surface area contributed by atoms with Crippen molar-refractivity contribution in [2.75, 3.05) is 19.0 Å². The molecule has 148 valence electrons. The van der Waals surface area contributed by atoms with Crippen molar-refractivity contribution in [2.45, 2.75) is 6.42 Å². The molecule has 0 saturated carbocycles. The maximum absolute atomic E-state index is 13.3. The molecule has 0 aliphatic heterocycles. The van der Waals surface area contributed by atoms with Gasteiger partial charge in [0.25, 0.3) is 11.8 Å². The second-order valence-electron chi connectivity index (χ2n) is 6.19. The topological polar surface area (TPSA) is 80.3 Å². The number of benzene rings is 2. The number of carbonyl (C=O) groups is 2. The second-order valence-corrected chi connectivity index (χ2v) is 6.19. The van der Waals surface area contributed by atoms with Gasteiger partial charge in [-0.15, -0.1) is 0 Å². The molecule has 0 saturated heterocycles. The normalized spacial score (nSPS) is 10.3. The molecule has 6 nitrogen and oxygen atoms in total. The van der Waals surface area contributed by atoms with Crippen LogP contribution in [-0.2, 0) is 6.42 Å². The molecule has 7 heteroatoms. The Balaban J connectivity index is 1.61. The monoisotopic (exact) mass is 393 g/mol. The van der Waals surface area contributed by atoms with Crippen LogP contribution in [0.25, 0.3) is 0 Å². The quantitative estimate of drug-likeness (QED) is 0.644. The lowest BCUT2D eigenvalue weighted by Crippen LogP contribution is -2.27. The Hall–Kier alpha value is -3.74. The molecule has 0 fully saturated rings. The van der Waals surface area contributed by atoms with E-state index >= 15 is 0 Å². The van der Waals surface area contributed by atoms with Crippen LogP contribution < -0.4 is 15.4 Å². The van der Waals surface area contributed by atoms with E-state index in [-0.39, 0.29) is 17.3 Å². The van der Waals surface area contributed by atoms with E-state index < -0.39 is 11.7 Å². The highest BCUT2D eigenvalue weighted by Gasteiger charge is 2.13. The number of methoxy groups -OCH3 is 1. The summed E-state index contributed by atoms with van der Waals surface area (Å²) < 4.78 is 18.5. The highest BCUT2D eigenvalue weighted by atomic mass is 19.1. The number of rotatable bonds is 7. The molecule has 2 amide bonds. The van der Waals surface area contributed by atoms with Gasteiger partial charge in [-0.25, -0.2) is 9.37 Å². The summed E-state index contributed by atoms with van der Waals surface area (Å²) in [5.74, 6) is -0.616. The Labute approximate surface area is 167 Å². The molecule has 3 rings (SSSR count). The Bertz CT molecular complexity index is 1020. The van der Waals surface area contributed by atoms with E-state index in [4.69, 9.17) is 4.74 Å². The van der Waals surface area contributed by atoms with Crippen LogP contribution in [0.3, 0.4) is 0 Å². The number of ether oxygens (including phenoxy) is 1. The van der Waals surface area contributed by atoms with Gasteiger partial charge < -0.3 is 15.4 Å². The van der Waals surface area contributed by atoms with Gasteiger partial charge in [-0.05, 0) is 48.4 Å². The number of para-hydroxylation sites is 1. The van der Waals surface area contributed by atoms with Crippen molar-refractivity contribution < 1.29 is 18.7 Å². The highest BCUT2D eigenvalue weighted by molar-refractivity contribution is 6.03. The van der Waals surface area contributed by atoms with E-state index in [2.05, 4.69) is 15.6 Å². The number of nitrogens with zero attached hydrogens (tertiary/aromatic N) is 1. The Kier molecular flexibility index (Phi) is 6.52. The SMILES string of the molecule is COc1ccccc1CCNC(=O)c1cccc(C(=O)Nc2cccc(F)c2)n1. The number of hydrogen-bond donors (Lipinski definition) is 2. The number of carbonyl (C=O) groups excluding carboxylic acids is 2. The number of nitrogens with one attached hydrogen (secondary N) is 2. The zero-order valence-corrected chi connectivity index (χ0v) is 15.8. The zero-order valence-electron chi connectivity index (χ0n) is 15.8. The zero-order chi connectivity index (χ0) is 20.6. The Morgan fingerprint density at radius 3 is 2.45 bits per heavy atom. The molecule has 0 radical (unpaired) electrons. The first kappa shape index (κ1) is 20.0. The fourth-order valence-corrected chi connectivity index (χ4v) is 2.76. The maximum atomic E-state index is 13.3. The van der Waals surface area contributed by atoms with Crippen molar-refractivity contribution in [3.63, 3.8) is 0 Å². The van der Waals surface area contributed by atoms with Crippen molar-refractivity contribution >= 4 is 17.5 Å². The van der Waals surface area contributed by atoms with Crippen LogP contribution in [0.5, 0.6) is 5.75 Å². The predicted octanol–water partition coefficient (Wildman–Crippen LogP) is 3.45. The van der Waals surface area contributed by atoms with Crippen LogP contribution in [0.2, 0.25) is 0 Å². The van der Waals surface area contributed by atoms with E-state index in [0.717, 1.165) is 11.3 Å². The Morgan fingerprint density at radius 2 is 1.69 bits per heavy atom. The van der Waals surface area contributed by atoms with E-state index in [0.29, 0.717) is 18.7 Å². The molecule has 2 N–H and O–H groups in total. The fourth-order valence-electron chi connectivity index (χ4n) is 2.76. The number of anilines is 1. The summed E-state index contributed by atoms with van der Waals surface area (Å²) in [4.78, 5) is 28.8. The number of hydrogen-bond acceptors (Lipinski definition) is 4. The lowest BCUT2D eigenvalue weighted by molar-refractivity contribution is 0.0949. The molecule has 0 bridgehead atoms. The summed E-state index contributed by atoms with van der Waals surface area (Å²) in [5, 5.41) is 5.34. The number of pyridine rings is 1. The van der Waals surface area contributed by atoms with Crippen molar-refractivity contribution in [3.05, 3.63) is 89.5 Å². The first-order chi connectivity index (χ1) is 14.1. The van der Waals surface area contributed by atoms with Crippen LogP contribution >= 0.6 is 0 Å². The molecule has 3 aromatic rings. The predicted molar refractivity (Wildman–Crippen MR) is 108 cm³/mol. The summed E-state index contributed by atoms with van der Waals surface area (Å²) >= 11 is 0. The van der Waals surface area contributed by atoms with E-state index in [1.54, 1.807) is 19.2 Å². The van der Waals surface area contributed by atoms with Gasteiger partial charge >= 0.3 is 0 Å². The van der Waals surface area contributed by atoms with Crippen LogP contribution in [0.15, 0.2) is 66.7 Å². The molecular formula is C22H20FN3O3. The van der Waals surface area contributed by atoms with Crippen LogP contribution in [0.1, 0.15) is 26.5 Å². The number of halogens is 1. The van der Waals surface area contributed by atoms with Crippen LogP contribution in [0.4, 0.5) is 10.1 Å². The molecule has 2 aromatic carbocycles. The second kappa shape index (κ2) is 9.45. The molecule has 1 heterocycles. The molecule has 0 spiro atoms. The lowest BCUT2D eigenvalue weighted by atomic mass is 10.1. The van der Waals surface area contributed by atoms with Gasteiger partial charge in [0.05, 0.1) is 7.11 Å². The summed E-state index contributed by atoms with van der Waals surface area (Å²) in [6, 6.07) is 17.7.